The second-order valence-corrected chi connectivity index (χ2v) is 3.77. The number of aryl methyl sites for hydroxylation is 1. The lowest BCUT2D eigenvalue weighted by Gasteiger charge is -2.17. The number of carbonyl (C=O) groups is 2. The lowest BCUT2D eigenvalue weighted by atomic mass is 10.4. The van der Waals surface area contributed by atoms with Crippen LogP contribution in [0.3, 0.4) is 0 Å². The number of methoxy groups -OCH3 is 1. The van der Waals surface area contributed by atoms with E-state index in [2.05, 4.69) is 4.74 Å². The fraction of sp³-hybridized carbons (Fsp3) is 0.545. The molecule has 0 radical (unpaired) electrons. The maximum absolute atomic E-state index is 12.1. The van der Waals surface area contributed by atoms with Crippen LogP contribution >= 0.6 is 0 Å². The normalized spacial score (nSPS) is 9.50. The van der Waals surface area contributed by atoms with Crippen molar-refractivity contribution in [1.82, 2.24) is 9.47 Å². The van der Waals surface area contributed by atoms with E-state index in [0.29, 0.717) is 6.54 Å². The quantitative estimate of drug-likeness (QED) is 0.328. The van der Waals surface area contributed by atoms with Gasteiger partial charge in [-0.25, -0.2) is 9.36 Å². The highest BCUT2D eigenvalue weighted by atomic mass is 127. The van der Waals surface area contributed by atoms with Crippen molar-refractivity contribution in [1.29, 1.82) is 0 Å². The highest BCUT2D eigenvalue weighted by Gasteiger charge is 2.22. The SMILES string of the molecule is CCCN(CC(=O)OC)C(=O)n1cc[n+](C)c1.[I-]. The van der Waals surface area contributed by atoms with E-state index in [1.807, 2.05) is 14.0 Å². The van der Waals surface area contributed by atoms with Crippen LogP contribution in [0.25, 0.3) is 0 Å². The summed E-state index contributed by atoms with van der Waals surface area (Å²) in [6, 6.07) is -0.224. The zero-order valence-electron chi connectivity index (χ0n) is 10.8. The summed E-state index contributed by atoms with van der Waals surface area (Å²) in [6.07, 6.45) is 5.86. The van der Waals surface area contributed by atoms with Gasteiger partial charge in [0.1, 0.15) is 18.9 Å². The molecule has 1 aromatic heterocycles. The van der Waals surface area contributed by atoms with E-state index in [1.54, 1.807) is 23.3 Å². The van der Waals surface area contributed by atoms with E-state index in [4.69, 9.17) is 0 Å². The largest absolute Gasteiger partial charge is 1.00 e. The summed E-state index contributed by atoms with van der Waals surface area (Å²) in [5.74, 6) is -0.414. The molecule has 0 unspecified atom stereocenters. The number of ether oxygens (including phenoxy) is 1. The third-order valence-corrected chi connectivity index (χ3v) is 2.30. The van der Waals surface area contributed by atoms with Gasteiger partial charge in [-0.1, -0.05) is 6.92 Å². The molecule has 1 amide bonds. The van der Waals surface area contributed by atoms with Crippen LogP contribution in [0, 0.1) is 0 Å². The van der Waals surface area contributed by atoms with Crippen LogP contribution in [0.2, 0.25) is 0 Å². The van der Waals surface area contributed by atoms with Crippen LogP contribution < -0.4 is 28.5 Å². The fourth-order valence-electron chi connectivity index (χ4n) is 1.46. The van der Waals surface area contributed by atoms with Crippen LogP contribution in [-0.4, -0.2) is 41.7 Å². The van der Waals surface area contributed by atoms with E-state index in [0.717, 1.165) is 6.42 Å². The predicted molar refractivity (Wildman–Crippen MR) is 60.3 cm³/mol. The average Bonchev–Trinajstić information content (AvgIpc) is 2.74. The zero-order valence-corrected chi connectivity index (χ0v) is 13.0. The third kappa shape index (κ3) is 4.63. The summed E-state index contributed by atoms with van der Waals surface area (Å²) in [5, 5.41) is 0. The van der Waals surface area contributed by atoms with Gasteiger partial charge < -0.3 is 28.7 Å². The minimum absolute atomic E-state index is 0. The molecule has 0 spiro atoms. The summed E-state index contributed by atoms with van der Waals surface area (Å²) in [4.78, 5) is 24.7. The molecule has 6 nitrogen and oxygen atoms in total. The van der Waals surface area contributed by atoms with Crippen LogP contribution in [0.4, 0.5) is 4.79 Å². The molecule has 0 saturated heterocycles. The number of hydrogen-bond donors (Lipinski definition) is 0. The molecule has 18 heavy (non-hydrogen) atoms. The molecule has 0 aliphatic heterocycles. The molecule has 0 aromatic carbocycles. The molecule has 0 aliphatic rings. The lowest BCUT2D eigenvalue weighted by molar-refractivity contribution is -0.670. The Hall–Kier alpha value is -1.12. The molecule has 0 saturated carbocycles. The van der Waals surface area contributed by atoms with E-state index in [1.165, 1.54) is 16.6 Å². The molecule has 0 bridgehead atoms. The number of carbonyl (C=O) groups excluding carboxylic acids is 2. The van der Waals surface area contributed by atoms with Crippen molar-refractivity contribution < 1.29 is 42.9 Å². The van der Waals surface area contributed by atoms with E-state index >= 15 is 0 Å². The van der Waals surface area contributed by atoms with Crippen molar-refractivity contribution in [3.63, 3.8) is 0 Å². The summed E-state index contributed by atoms with van der Waals surface area (Å²) in [7, 11) is 3.14. The first-order valence-corrected chi connectivity index (χ1v) is 5.47. The van der Waals surface area contributed by atoms with Gasteiger partial charge in [-0.05, 0) is 6.42 Å². The van der Waals surface area contributed by atoms with Gasteiger partial charge in [-0.15, -0.1) is 0 Å². The first-order valence-electron chi connectivity index (χ1n) is 5.47. The number of rotatable bonds is 4. The first kappa shape index (κ1) is 16.9. The van der Waals surface area contributed by atoms with Gasteiger partial charge in [0.2, 0.25) is 0 Å². The number of halogens is 1. The lowest BCUT2D eigenvalue weighted by Crippen LogP contribution is -3.00. The summed E-state index contributed by atoms with van der Waals surface area (Å²) < 4.78 is 7.78. The van der Waals surface area contributed by atoms with Gasteiger partial charge in [0.25, 0.3) is 6.33 Å². The Morgan fingerprint density at radius 1 is 1.44 bits per heavy atom. The fourth-order valence-corrected chi connectivity index (χ4v) is 1.46. The van der Waals surface area contributed by atoms with Crippen molar-refractivity contribution in [2.24, 2.45) is 7.05 Å². The monoisotopic (exact) mass is 367 g/mol. The van der Waals surface area contributed by atoms with Crippen molar-refractivity contribution in [2.45, 2.75) is 13.3 Å². The van der Waals surface area contributed by atoms with Crippen LogP contribution in [0.1, 0.15) is 13.3 Å². The van der Waals surface area contributed by atoms with Gasteiger partial charge >= 0.3 is 12.0 Å². The summed E-state index contributed by atoms with van der Waals surface area (Å²) in [5.41, 5.74) is 0. The number of amides is 1. The molecule has 0 atom stereocenters. The number of imidazole rings is 1. The molecule has 0 N–H and O–H groups in total. The predicted octanol–water partition coefficient (Wildman–Crippen LogP) is -2.83. The minimum atomic E-state index is -0.414. The van der Waals surface area contributed by atoms with Crippen molar-refractivity contribution in [3.8, 4) is 0 Å². The second-order valence-electron chi connectivity index (χ2n) is 3.77. The molecule has 1 aromatic rings. The zero-order chi connectivity index (χ0) is 12.8. The molecule has 102 valence electrons. The van der Waals surface area contributed by atoms with E-state index < -0.39 is 5.97 Å². The Labute approximate surface area is 124 Å². The standard InChI is InChI=1S/C11H18N3O3.HI/c1-4-5-13(8-10(15)17-3)11(16)14-7-6-12(2)9-14;/h6-7,9H,4-5,8H2,1-3H3;1H/q+1;/p-1. The Balaban J connectivity index is 0.00000289. The highest BCUT2D eigenvalue weighted by Crippen LogP contribution is 1.98. The highest BCUT2D eigenvalue weighted by molar-refractivity contribution is 5.82. The van der Waals surface area contributed by atoms with Gasteiger partial charge in [-0.3, -0.25) is 9.69 Å². The van der Waals surface area contributed by atoms with E-state index in [9.17, 15) is 9.59 Å². The molecular formula is C11H18IN3O3. The van der Waals surface area contributed by atoms with Crippen LogP contribution in [0.15, 0.2) is 18.7 Å². The van der Waals surface area contributed by atoms with Crippen molar-refractivity contribution in [2.75, 3.05) is 20.2 Å². The molecule has 1 rings (SSSR count). The average molecular weight is 367 g/mol. The molecule has 1 heterocycles. The number of aromatic nitrogens is 2. The first-order chi connectivity index (χ1) is 8.08. The smallest absolute Gasteiger partial charge is 0.416 e. The molecule has 0 aliphatic carbocycles. The number of nitrogens with zero attached hydrogens (tertiary/aromatic N) is 3. The van der Waals surface area contributed by atoms with Crippen LogP contribution in [0.5, 0.6) is 0 Å². The summed E-state index contributed by atoms with van der Waals surface area (Å²) >= 11 is 0. The van der Waals surface area contributed by atoms with E-state index in [-0.39, 0.29) is 36.6 Å². The minimum Gasteiger partial charge on any atom is -1.00 e. The van der Waals surface area contributed by atoms with Crippen molar-refractivity contribution in [3.05, 3.63) is 18.7 Å². The molecule has 7 heteroatoms. The molecular weight excluding hydrogens is 349 g/mol. The third-order valence-electron chi connectivity index (χ3n) is 2.30. The Morgan fingerprint density at radius 2 is 2.11 bits per heavy atom. The van der Waals surface area contributed by atoms with Gasteiger partial charge in [-0.2, -0.15) is 4.57 Å². The van der Waals surface area contributed by atoms with Gasteiger partial charge in [0, 0.05) is 6.54 Å². The maximum Gasteiger partial charge on any atom is 0.416 e. The topological polar surface area (TPSA) is 55.4 Å². The number of esters is 1. The Kier molecular flexibility index (Phi) is 7.56. The Bertz CT molecular complexity index is 406. The maximum atomic E-state index is 12.1. The van der Waals surface area contributed by atoms with Crippen molar-refractivity contribution >= 4 is 12.0 Å². The molecule has 0 fully saturated rings. The van der Waals surface area contributed by atoms with Gasteiger partial charge in [0.05, 0.1) is 14.2 Å². The second kappa shape index (κ2) is 8.06. The Morgan fingerprint density at radius 3 is 2.56 bits per heavy atom. The van der Waals surface area contributed by atoms with Gasteiger partial charge in [0.15, 0.2) is 0 Å². The number of hydrogen-bond acceptors (Lipinski definition) is 3. The van der Waals surface area contributed by atoms with Crippen LogP contribution in [-0.2, 0) is 16.6 Å². The summed E-state index contributed by atoms with van der Waals surface area (Å²) in [6.45, 7) is 2.45.